The van der Waals surface area contributed by atoms with E-state index in [0.29, 0.717) is 11.8 Å². The molecule has 1 aromatic carbocycles. The molecular formula is C15H14BrNO3S. The third-order valence-electron chi connectivity index (χ3n) is 3.15. The second-order valence-corrected chi connectivity index (χ2v) is 7.32. The lowest BCUT2D eigenvalue weighted by atomic mass is 10.4. The van der Waals surface area contributed by atoms with Gasteiger partial charge in [-0.1, -0.05) is 15.9 Å². The van der Waals surface area contributed by atoms with Crippen molar-refractivity contribution in [2.45, 2.75) is 29.5 Å². The van der Waals surface area contributed by atoms with Crippen LogP contribution in [0.3, 0.4) is 0 Å². The molecule has 1 atom stereocenters. The molecule has 1 aromatic heterocycles. The van der Waals surface area contributed by atoms with Gasteiger partial charge in [-0.3, -0.25) is 9.00 Å². The summed E-state index contributed by atoms with van der Waals surface area (Å²) < 4.78 is 18.6. The number of rotatable bonds is 5. The van der Waals surface area contributed by atoms with Gasteiger partial charge in [0.15, 0.2) is 5.76 Å². The standard InChI is InChI=1S/C15H14BrNO3S/c16-10-1-6-13(7-2-10)21(19)9-12-5-8-14(20-12)15(18)17-11-3-4-11/h1-2,5-8,11H,3-4,9H2,(H,17,18)/t21-/m0/s1. The van der Waals surface area contributed by atoms with E-state index in [1.807, 2.05) is 24.3 Å². The van der Waals surface area contributed by atoms with Gasteiger partial charge in [0, 0.05) is 15.4 Å². The zero-order valence-electron chi connectivity index (χ0n) is 11.2. The second kappa shape index (κ2) is 6.15. The number of carbonyl (C=O) groups is 1. The van der Waals surface area contributed by atoms with Crippen LogP contribution in [0.2, 0.25) is 0 Å². The Bertz CT molecular complexity index is 676. The largest absolute Gasteiger partial charge is 0.455 e. The fraction of sp³-hybridized carbons (Fsp3) is 0.267. The van der Waals surface area contributed by atoms with Crippen molar-refractivity contribution in [2.75, 3.05) is 0 Å². The zero-order chi connectivity index (χ0) is 14.8. The van der Waals surface area contributed by atoms with Crippen LogP contribution in [0.1, 0.15) is 29.2 Å². The summed E-state index contributed by atoms with van der Waals surface area (Å²) in [4.78, 5) is 12.6. The molecular weight excluding hydrogens is 354 g/mol. The van der Waals surface area contributed by atoms with E-state index < -0.39 is 10.8 Å². The minimum absolute atomic E-state index is 0.196. The molecule has 1 aliphatic carbocycles. The van der Waals surface area contributed by atoms with E-state index in [1.54, 1.807) is 12.1 Å². The molecule has 1 fully saturated rings. The van der Waals surface area contributed by atoms with E-state index in [2.05, 4.69) is 21.2 Å². The van der Waals surface area contributed by atoms with Crippen molar-refractivity contribution in [1.82, 2.24) is 5.32 Å². The maximum atomic E-state index is 12.2. The topological polar surface area (TPSA) is 59.3 Å². The van der Waals surface area contributed by atoms with Crippen molar-refractivity contribution in [2.24, 2.45) is 0 Å². The van der Waals surface area contributed by atoms with Crippen LogP contribution in [0, 0.1) is 0 Å². The number of hydrogen-bond acceptors (Lipinski definition) is 3. The molecule has 1 heterocycles. The Labute approximate surface area is 133 Å². The maximum Gasteiger partial charge on any atom is 0.287 e. The summed E-state index contributed by atoms with van der Waals surface area (Å²) in [6.45, 7) is 0. The molecule has 110 valence electrons. The van der Waals surface area contributed by atoms with Crippen molar-refractivity contribution in [3.8, 4) is 0 Å². The quantitative estimate of drug-likeness (QED) is 0.882. The fourth-order valence-corrected chi connectivity index (χ4v) is 3.14. The first-order valence-corrected chi connectivity index (χ1v) is 8.76. The van der Waals surface area contributed by atoms with Crippen LogP contribution < -0.4 is 5.32 Å². The minimum atomic E-state index is -1.19. The van der Waals surface area contributed by atoms with E-state index >= 15 is 0 Å². The molecule has 1 N–H and O–H groups in total. The van der Waals surface area contributed by atoms with E-state index in [1.165, 1.54) is 0 Å². The summed E-state index contributed by atoms with van der Waals surface area (Å²) in [7, 11) is -1.19. The zero-order valence-corrected chi connectivity index (χ0v) is 13.6. The van der Waals surface area contributed by atoms with Crippen LogP contribution in [-0.2, 0) is 16.6 Å². The first kappa shape index (κ1) is 14.5. The van der Waals surface area contributed by atoms with Gasteiger partial charge < -0.3 is 9.73 Å². The summed E-state index contributed by atoms with van der Waals surface area (Å²) in [6, 6.07) is 11.0. The summed E-state index contributed by atoms with van der Waals surface area (Å²) >= 11 is 3.34. The lowest BCUT2D eigenvalue weighted by Gasteiger charge is -2.01. The van der Waals surface area contributed by atoms with E-state index in [9.17, 15) is 9.00 Å². The Kier molecular flexibility index (Phi) is 4.26. The van der Waals surface area contributed by atoms with E-state index in [0.717, 1.165) is 22.2 Å². The number of amides is 1. The predicted molar refractivity (Wildman–Crippen MR) is 83.5 cm³/mol. The van der Waals surface area contributed by atoms with Gasteiger partial charge in [-0.05, 0) is 49.2 Å². The SMILES string of the molecule is O=C(NC1CC1)c1ccc(C[S@](=O)c2ccc(Br)cc2)o1. The summed E-state index contributed by atoms with van der Waals surface area (Å²) in [6.07, 6.45) is 2.07. The summed E-state index contributed by atoms with van der Waals surface area (Å²) in [5.41, 5.74) is 0. The number of carbonyl (C=O) groups excluding carboxylic acids is 1. The first-order chi connectivity index (χ1) is 10.1. The number of nitrogens with one attached hydrogen (secondary N) is 1. The van der Waals surface area contributed by atoms with Crippen LogP contribution in [-0.4, -0.2) is 16.2 Å². The summed E-state index contributed by atoms with van der Waals surface area (Å²) in [5, 5.41) is 2.86. The normalized spacial score (nSPS) is 15.7. The summed E-state index contributed by atoms with van der Waals surface area (Å²) in [5.74, 6) is 0.901. The molecule has 1 saturated carbocycles. The molecule has 0 spiro atoms. The number of halogens is 1. The highest BCUT2D eigenvalue weighted by molar-refractivity contribution is 9.10. The van der Waals surface area contributed by atoms with Crippen LogP contribution in [0.5, 0.6) is 0 Å². The smallest absolute Gasteiger partial charge is 0.287 e. The molecule has 3 rings (SSSR count). The van der Waals surface area contributed by atoms with Crippen molar-refractivity contribution in [3.05, 3.63) is 52.4 Å². The highest BCUT2D eigenvalue weighted by Crippen LogP contribution is 2.21. The van der Waals surface area contributed by atoms with Crippen molar-refractivity contribution in [3.63, 3.8) is 0 Å². The Morgan fingerprint density at radius 3 is 2.62 bits per heavy atom. The average Bonchev–Trinajstić information content (AvgIpc) is 3.15. The van der Waals surface area contributed by atoms with Crippen LogP contribution >= 0.6 is 15.9 Å². The number of hydrogen-bond donors (Lipinski definition) is 1. The predicted octanol–water partition coefficient (Wildman–Crippen LogP) is 3.24. The van der Waals surface area contributed by atoms with E-state index in [-0.39, 0.29) is 17.4 Å². The lowest BCUT2D eigenvalue weighted by Crippen LogP contribution is -2.24. The highest BCUT2D eigenvalue weighted by atomic mass is 79.9. The third kappa shape index (κ3) is 3.83. The van der Waals surface area contributed by atoms with Gasteiger partial charge in [0.2, 0.25) is 0 Å². The molecule has 21 heavy (non-hydrogen) atoms. The van der Waals surface area contributed by atoms with E-state index in [4.69, 9.17) is 4.42 Å². The van der Waals surface area contributed by atoms with Gasteiger partial charge in [-0.2, -0.15) is 0 Å². The van der Waals surface area contributed by atoms with Crippen molar-refractivity contribution < 1.29 is 13.4 Å². The Morgan fingerprint density at radius 1 is 1.24 bits per heavy atom. The molecule has 0 saturated heterocycles. The van der Waals surface area contributed by atoms with Gasteiger partial charge >= 0.3 is 0 Å². The Morgan fingerprint density at radius 2 is 1.95 bits per heavy atom. The third-order valence-corrected chi connectivity index (χ3v) is 5.02. The van der Waals surface area contributed by atoms with Gasteiger partial charge in [0.1, 0.15) is 5.76 Å². The average molecular weight is 368 g/mol. The molecule has 4 nitrogen and oxygen atoms in total. The molecule has 0 radical (unpaired) electrons. The van der Waals surface area contributed by atoms with Gasteiger partial charge in [0.25, 0.3) is 5.91 Å². The van der Waals surface area contributed by atoms with Gasteiger partial charge in [-0.15, -0.1) is 0 Å². The molecule has 6 heteroatoms. The van der Waals surface area contributed by atoms with Crippen LogP contribution in [0.15, 0.2) is 50.2 Å². The van der Waals surface area contributed by atoms with Gasteiger partial charge in [-0.25, -0.2) is 0 Å². The molecule has 0 aliphatic heterocycles. The highest BCUT2D eigenvalue weighted by Gasteiger charge is 2.25. The molecule has 1 amide bonds. The maximum absolute atomic E-state index is 12.2. The van der Waals surface area contributed by atoms with Gasteiger partial charge in [0.05, 0.1) is 16.6 Å². The van der Waals surface area contributed by atoms with Crippen molar-refractivity contribution >= 4 is 32.6 Å². The monoisotopic (exact) mass is 367 g/mol. The lowest BCUT2D eigenvalue weighted by molar-refractivity contribution is 0.0922. The molecule has 1 aliphatic rings. The Balaban J connectivity index is 1.64. The molecule has 0 bridgehead atoms. The second-order valence-electron chi connectivity index (χ2n) is 4.96. The first-order valence-electron chi connectivity index (χ1n) is 6.65. The van der Waals surface area contributed by atoms with Crippen LogP contribution in [0.4, 0.5) is 0 Å². The van der Waals surface area contributed by atoms with Crippen LogP contribution in [0.25, 0.3) is 0 Å². The molecule has 2 aromatic rings. The minimum Gasteiger partial charge on any atom is -0.455 e. The number of benzene rings is 1. The van der Waals surface area contributed by atoms with Crippen molar-refractivity contribution in [1.29, 1.82) is 0 Å². The Hall–Kier alpha value is -1.40. The number of furan rings is 1. The fourth-order valence-electron chi connectivity index (χ4n) is 1.86. The molecule has 0 unspecified atom stereocenters.